The molecule has 0 saturated heterocycles. The molecular weight excluding hydrogens is 390 g/mol. The monoisotopic (exact) mass is 397 g/mol. The minimum atomic E-state index is 0.0631. The Morgan fingerprint density at radius 3 is 2.68 bits per heavy atom. The van der Waals surface area contributed by atoms with Gasteiger partial charge < -0.3 is 4.57 Å². The highest BCUT2D eigenvalue weighted by atomic mass is 79.9. The van der Waals surface area contributed by atoms with E-state index in [4.69, 9.17) is 0 Å². The standard InChI is InChI=1S/C14H9Br2NOS/c1-17-7-9(8-4-2-3-5-11(8)17)13(18)12-6-10(15)14(16)19-12/h2-7H,1H3. The van der Waals surface area contributed by atoms with E-state index < -0.39 is 0 Å². The fourth-order valence-corrected chi connectivity index (χ4v) is 4.10. The Bertz CT molecular complexity index is 768. The van der Waals surface area contributed by atoms with E-state index in [1.54, 1.807) is 0 Å². The predicted molar refractivity (Wildman–Crippen MR) is 86.1 cm³/mol. The summed E-state index contributed by atoms with van der Waals surface area (Å²) in [6.07, 6.45) is 1.90. The van der Waals surface area contributed by atoms with Gasteiger partial charge in [-0.15, -0.1) is 11.3 Å². The zero-order valence-electron chi connectivity index (χ0n) is 9.98. The third-order valence-electron chi connectivity index (χ3n) is 3.01. The van der Waals surface area contributed by atoms with Gasteiger partial charge in [-0.05, 0) is 44.0 Å². The van der Waals surface area contributed by atoms with Gasteiger partial charge in [-0.25, -0.2) is 0 Å². The van der Waals surface area contributed by atoms with Crippen LogP contribution in [0.1, 0.15) is 15.2 Å². The Hall–Kier alpha value is -0.910. The molecule has 0 spiro atoms. The SMILES string of the molecule is Cn1cc(C(=O)c2cc(Br)c(Br)s2)c2ccccc21. The first-order valence-electron chi connectivity index (χ1n) is 5.61. The molecule has 1 aromatic carbocycles. The quantitative estimate of drug-likeness (QED) is 0.557. The first-order chi connectivity index (χ1) is 9.08. The summed E-state index contributed by atoms with van der Waals surface area (Å²) in [7, 11) is 1.96. The van der Waals surface area contributed by atoms with Gasteiger partial charge in [-0.2, -0.15) is 0 Å². The second kappa shape index (κ2) is 4.89. The summed E-state index contributed by atoms with van der Waals surface area (Å²) in [6.45, 7) is 0. The minimum Gasteiger partial charge on any atom is -0.350 e. The van der Waals surface area contributed by atoms with Gasteiger partial charge in [0.1, 0.15) is 0 Å². The minimum absolute atomic E-state index is 0.0631. The number of nitrogens with zero attached hydrogens (tertiary/aromatic N) is 1. The van der Waals surface area contributed by atoms with Crippen LogP contribution in [0.15, 0.2) is 44.8 Å². The van der Waals surface area contributed by atoms with Crippen LogP contribution in [0.25, 0.3) is 10.9 Å². The molecule has 0 aliphatic rings. The van der Waals surface area contributed by atoms with Gasteiger partial charge in [0, 0.05) is 34.2 Å². The molecule has 0 N–H and O–H groups in total. The smallest absolute Gasteiger partial charge is 0.205 e. The Labute approximate surface area is 131 Å². The van der Waals surface area contributed by atoms with Gasteiger partial charge >= 0.3 is 0 Å². The van der Waals surface area contributed by atoms with Crippen molar-refractivity contribution >= 4 is 59.9 Å². The first kappa shape index (κ1) is 13.1. The third-order valence-corrected chi connectivity index (χ3v) is 6.27. The fraction of sp³-hybridized carbons (Fsp3) is 0.0714. The van der Waals surface area contributed by atoms with E-state index in [1.807, 2.05) is 48.1 Å². The molecule has 0 aliphatic carbocycles. The molecule has 0 saturated carbocycles. The second-order valence-corrected chi connectivity index (χ2v) is 7.46. The number of aromatic nitrogens is 1. The number of carbonyl (C=O) groups is 1. The van der Waals surface area contributed by atoms with Crippen molar-refractivity contribution in [3.63, 3.8) is 0 Å². The number of carbonyl (C=O) groups excluding carboxylic acids is 1. The van der Waals surface area contributed by atoms with Gasteiger partial charge in [0.15, 0.2) is 0 Å². The van der Waals surface area contributed by atoms with Crippen molar-refractivity contribution in [1.29, 1.82) is 0 Å². The van der Waals surface area contributed by atoms with Crippen LogP contribution in [0.3, 0.4) is 0 Å². The van der Waals surface area contributed by atoms with Gasteiger partial charge in [0.2, 0.25) is 5.78 Å². The van der Waals surface area contributed by atoms with E-state index >= 15 is 0 Å². The van der Waals surface area contributed by atoms with Crippen LogP contribution in [-0.4, -0.2) is 10.4 Å². The van der Waals surface area contributed by atoms with Crippen LogP contribution >= 0.6 is 43.2 Å². The molecule has 0 amide bonds. The lowest BCUT2D eigenvalue weighted by atomic mass is 10.1. The molecule has 0 fully saturated rings. The van der Waals surface area contributed by atoms with E-state index in [9.17, 15) is 4.79 Å². The zero-order valence-corrected chi connectivity index (χ0v) is 14.0. The molecule has 2 aromatic heterocycles. The van der Waals surface area contributed by atoms with E-state index in [0.29, 0.717) is 0 Å². The molecule has 0 aliphatic heterocycles. The van der Waals surface area contributed by atoms with E-state index in [2.05, 4.69) is 31.9 Å². The maximum absolute atomic E-state index is 12.6. The van der Waals surface area contributed by atoms with E-state index in [-0.39, 0.29) is 5.78 Å². The second-order valence-electron chi connectivity index (χ2n) is 4.23. The van der Waals surface area contributed by atoms with Crippen molar-refractivity contribution in [1.82, 2.24) is 4.57 Å². The Morgan fingerprint density at radius 1 is 1.26 bits per heavy atom. The number of aryl methyl sites for hydroxylation is 1. The van der Waals surface area contributed by atoms with Gasteiger partial charge in [-0.3, -0.25) is 4.79 Å². The molecule has 19 heavy (non-hydrogen) atoms. The van der Waals surface area contributed by atoms with Gasteiger partial charge in [-0.1, -0.05) is 18.2 Å². The molecule has 96 valence electrons. The molecule has 0 unspecified atom stereocenters. The highest BCUT2D eigenvalue weighted by molar-refractivity contribution is 9.13. The van der Waals surface area contributed by atoms with Gasteiger partial charge in [0.05, 0.1) is 8.66 Å². The Kier molecular flexibility index (Phi) is 3.37. The van der Waals surface area contributed by atoms with Crippen LogP contribution in [0, 0.1) is 0 Å². The molecule has 0 atom stereocenters. The maximum Gasteiger partial charge on any atom is 0.205 e. The molecule has 5 heteroatoms. The first-order valence-corrected chi connectivity index (χ1v) is 8.02. The maximum atomic E-state index is 12.6. The number of hydrogen-bond acceptors (Lipinski definition) is 2. The lowest BCUT2D eigenvalue weighted by Crippen LogP contribution is -1.97. The van der Waals surface area contributed by atoms with Crippen molar-refractivity contribution in [2.24, 2.45) is 7.05 Å². The van der Waals surface area contributed by atoms with E-state index in [0.717, 1.165) is 29.6 Å². The van der Waals surface area contributed by atoms with Crippen molar-refractivity contribution < 1.29 is 4.79 Å². The molecule has 3 rings (SSSR count). The summed E-state index contributed by atoms with van der Waals surface area (Å²) in [4.78, 5) is 13.3. The number of rotatable bonds is 2. The number of halogens is 2. The third kappa shape index (κ3) is 2.20. The molecule has 2 nitrogen and oxygen atoms in total. The zero-order chi connectivity index (χ0) is 13.6. The number of para-hydroxylation sites is 1. The molecule has 0 radical (unpaired) electrons. The number of ketones is 1. The lowest BCUT2D eigenvalue weighted by Gasteiger charge is -1.95. The number of benzene rings is 1. The van der Waals surface area contributed by atoms with E-state index in [1.165, 1.54) is 11.3 Å². The van der Waals surface area contributed by atoms with Crippen LogP contribution in [-0.2, 0) is 7.05 Å². The molecule has 0 bridgehead atoms. The van der Waals surface area contributed by atoms with Crippen molar-refractivity contribution in [2.45, 2.75) is 0 Å². The summed E-state index contributed by atoms with van der Waals surface area (Å²) in [5.41, 5.74) is 1.82. The summed E-state index contributed by atoms with van der Waals surface area (Å²) in [5.74, 6) is 0.0631. The largest absolute Gasteiger partial charge is 0.350 e. The van der Waals surface area contributed by atoms with Crippen molar-refractivity contribution in [3.05, 3.63) is 55.2 Å². The summed E-state index contributed by atoms with van der Waals surface area (Å²) in [5, 5.41) is 0.996. The van der Waals surface area contributed by atoms with Crippen molar-refractivity contribution in [2.75, 3.05) is 0 Å². The summed E-state index contributed by atoms with van der Waals surface area (Å²) < 4.78 is 3.84. The predicted octanol–water partition coefficient (Wildman–Crippen LogP) is 5.00. The van der Waals surface area contributed by atoms with Crippen LogP contribution in [0.5, 0.6) is 0 Å². The number of fused-ring (bicyclic) bond motifs is 1. The van der Waals surface area contributed by atoms with Crippen molar-refractivity contribution in [3.8, 4) is 0 Å². The highest BCUT2D eigenvalue weighted by Crippen LogP contribution is 2.34. The van der Waals surface area contributed by atoms with Crippen LogP contribution in [0.2, 0.25) is 0 Å². The number of thiophene rings is 1. The summed E-state index contributed by atoms with van der Waals surface area (Å²) in [6, 6.07) is 9.81. The van der Waals surface area contributed by atoms with Gasteiger partial charge in [0.25, 0.3) is 0 Å². The fourth-order valence-electron chi connectivity index (χ4n) is 2.11. The Balaban J connectivity index is 2.17. The highest BCUT2D eigenvalue weighted by Gasteiger charge is 2.18. The van der Waals surface area contributed by atoms with Crippen LogP contribution < -0.4 is 0 Å². The topological polar surface area (TPSA) is 22.0 Å². The average molecular weight is 399 g/mol. The molecule has 3 aromatic rings. The summed E-state index contributed by atoms with van der Waals surface area (Å²) >= 11 is 8.29. The molecular formula is C14H9Br2NOS. The molecule has 2 heterocycles. The lowest BCUT2D eigenvalue weighted by molar-refractivity contribution is 0.104. The average Bonchev–Trinajstić information content (AvgIpc) is 2.91. The normalized spacial score (nSPS) is 11.1. The Morgan fingerprint density at radius 2 is 2.00 bits per heavy atom. The van der Waals surface area contributed by atoms with Crippen LogP contribution in [0.4, 0.5) is 0 Å². The number of hydrogen-bond donors (Lipinski definition) is 0.